The number of nitrogens with one attached hydrogen (secondary N) is 1. The van der Waals surface area contributed by atoms with Crippen LogP contribution in [0.2, 0.25) is 0 Å². The molecule has 140 valence electrons. The summed E-state index contributed by atoms with van der Waals surface area (Å²) in [5, 5.41) is 13.2. The van der Waals surface area contributed by atoms with Crippen molar-refractivity contribution in [3.8, 4) is 6.07 Å². The molecule has 1 aromatic heterocycles. The molecule has 0 radical (unpaired) electrons. The van der Waals surface area contributed by atoms with Gasteiger partial charge in [-0.2, -0.15) is 5.26 Å². The lowest BCUT2D eigenvalue weighted by atomic mass is 9.84. The molecule has 4 nitrogen and oxygen atoms in total. The minimum Gasteiger partial charge on any atom is -0.350 e. The number of aromatic nitrogens is 1. The topological polar surface area (TPSA) is 57.8 Å². The van der Waals surface area contributed by atoms with Gasteiger partial charge in [0.05, 0.1) is 12.5 Å². The third-order valence-corrected chi connectivity index (χ3v) is 6.50. The summed E-state index contributed by atoms with van der Waals surface area (Å²) in [6.07, 6.45) is 11.4. The largest absolute Gasteiger partial charge is 0.350 e. The monoisotopic (exact) mass is 361 g/mol. The Bertz CT molecular complexity index is 904. The third-order valence-electron chi connectivity index (χ3n) is 6.50. The molecule has 0 spiro atoms. The smallest absolute Gasteiger partial charge is 0.244 e. The van der Waals surface area contributed by atoms with Gasteiger partial charge in [0.1, 0.15) is 0 Å². The Morgan fingerprint density at radius 2 is 2.22 bits per heavy atom. The van der Waals surface area contributed by atoms with Crippen molar-refractivity contribution in [2.75, 3.05) is 0 Å². The van der Waals surface area contributed by atoms with Crippen LogP contribution in [0.25, 0.3) is 17.0 Å². The summed E-state index contributed by atoms with van der Waals surface area (Å²) in [7, 11) is 0. The first-order chi connectivity index (χ1) is 13.2. The number of rotatable bonds is 6. The van der Waals surface area contributed by atoms with Gasteiger partial charge >= 0.3 is 0 Å². The van der Waals surface area contributed by atoms with Crippen molar-refractivity contribution >= 4 is 22.9 Å². The van der Waals surface area contributed by atoms with Crippen LogP contribution in [-0.2, 0) is 11.3 Å². The summed E-state index contributed by atoms with van der Waals surface area (Å²) >= 11 is 0. The van der Waals surface area contributed by atoms with Gasteiger partial charge in [-0.25, -0.2) is 0 Å². The van der Waals surface area contributed by atoms with Crippen LogP contribution in [-0.4, -0.2) is 16.5 Å². The number of hydrogen-bond donors (Lipinski definition) is 1. The average molecular weight is 361 g/mol. The maximum absolute atomic E-state index is 12.5. The van der Waals surface area contributed by atoms with Gasteiger partial charge in [-0.15, -0.1) is 0 Å². The maximum Gasteiger partial charge on any atom is 0.244 e. The van der Waals surface area contributed by atoms with Crippen LogP contribution in [0.3, 0.4) is 0 Å². The predicted octanol–water partition coefficient (Wildman–Crippen LogP) is 4.51. The van der Waals surface area contributed by atoms with Gasteiger partial charge in [-0.1, -0.05) is 24.6 Å². The fraction of sp³-hybridized carbons (Fsp3) is 0.478. The fourth-order valence-electron chi connectivity index (χ4n) is 5.21. The van der Waals surface area contributed by atoms with E-state index in [1.165, 1.54) is 25.7 Å². The fourth-order valence-corrected chi connectivity index (χ4v) is 5.21. The van der Waals surface area contributed by atoms with E-state index in [0.717, 1.165) is 28.3 Å². The molecule has 0 saturated heterocycles. The average Bonchev–Trinajstić information content (AvgIpc) is 3.39. The second kappa shape index (κ2) is 7.60. The molecule has 1 heterocycles. The molecule has 27 heavy (non-hydrogen) atoms. The van der Waals surface area contributed by atoms with E-state index >= 15 is 0 Å². The Balaban J connectivity index is 1.44. The molecule has 2 aliphatic rings. The van der Waals surface area contributed by atoms with Crippen LogP contribution in [0.4, 0.5) is 0 Å². The molecule has 4 heteroatoms. The summed E-state index contributed by atoms with van der Waals surface area (Å²) in [5.74, 6) is 2.34. The van der Waals surface area contributed by atoms with Gasteiger partial charge in [-0.05, 0) is 56.1 Å². The Labute approximate surface area is 160 Å². The first-order valence-corrected chi connectivity index (χ1v) is 10.1. The molecule has 1 amide bonds. The second-order valence-corrected chi connectivity index (χ2v) is 8.17. The molecule has 2 bridgehead atoms. The number of benzene rings is 1. The van der Waals surface area contributed by atoms with Crippen LogP contribution < -0.4 is 5.32 Å². The quantitative estimate of drug-likeness (QED) is 0.770. The van der Waals surface area contributed by atoms with E-state index in [1.54, 1.807) is 6.08 Å². The number of carbonyl (C=O) groups is 1. The summed E-state index contributed by atoms with van der Waals surface area (Å²) < 4.78 is 2.09. The second-order valence-electron chi connectivity index (χ2n) is 8.17. The van der Waals surface area contributed by atoms with Crippen molar-refractivity contribution in [2.24, 2.45) is 17.8 Å². The maximum atomic E-state index is 12.5. The molecular formula is C23H27N3O. The molecule has 4 unspecified atom stereocenters. The van der Waals surface area contributed by atoms with Crippen molar-refractivity contribution in [1.29, 1.82) is 5.26 Å². The summed E-state index contributed by atoms with van der Waals surface area (Å²) in [5.41, 5.74) is 2.12. The standard InChI is InChI=1S/C23H27N3O/c1-16(21-14-17-7-8-18(21)13-17)25-23(27)10-9-19-15-26(12-4-11-24)22-6-3-2-5-20(19)22/h2-3,5-6,9-10,15-18,21H,4,7-8,12-14H2,1H3,(H,25,27)/b10-9+. The number of nitriles is 1. The highest BCUT2D eigenvalue weighted by atomic mass is 16.1. The van der Waals surface area contributed by atoms with E-state index in [0.29, 0.717) is 18.9 Å². The van der Waals surface area contributed by atoms with Gasteiger partial charge in [0.25, 0.3) is 0 Å². The van der Waals surface area contributed by atoms with E-state index in [9.17, 15) is 4.79 Å². The number of amides is 1. The SMILES string of the molecule is CC(NC(=O)/C=C/c1cn(CCC#N)c2ccccc12)C1CC2CCC1C2. The molecule has 2 saturated carbocycles. The van der Waals surface area contributed by atoms with Crippen LogP contribution in [0.15, 0.2) is 36.5 Å². The molecule has 4 rings (SSSR count). The number of hydrogen-bond acceptors (Lipinski definition) is 2. The van der Waals surface area contributed by atoms with Gasteiger partial charge in [0.2, 0.25) is 5.91 Å². The zero-order valence-electron chi connectivity index (χ0n) is 15.9. The summed E-state index contributed by atoms with van der Waals surface area (Å²) in [4.78, 5) is 12.5. The van der Waals surface area contributed by atoms with Crippen molar-refractivity contribution in [3.05, 3.63) is 42.1 Å². The summed E-state index contributed by atoms with van der Waals surface area (Å²) in [6, 6.07) is 10.6. The Morgan fingerprint density at radius 1 is 1.37 bits per heavy atom. The Hall–Kier alpha value is -2.54. The zero-order chi connectivity index (χ0) is 18.8. The molecule has 2 aromatic rings. The van der Waals surface area contributed by atoms with Crippen LogP contribution in [0.1, 0.15) is 44.6 Å². The van der Waals surface area contributed by atoms with E-state index in [4.69, 9.17) is 5.26 Å². The Kier molecular flexibility index (Phi) is 5.03. The Morgan fingerprint density at radius 3 is 2.96 bits per heavy atom. The van der Waals surface area contributed by atoms with E-state index in [2.05, 4.69) is 35.0 Å². The molecule has 4 atom stereocenters. The predicted molar refractivity (Wildman–Crippen MR) is 108 cm³/mol. The summed E-state index contributed by atoms with van der Waals surface area (Å²) in [6.45, 7) is 2.82. The normalized spacial score (nSPS) is 25.1. The molecule has 0 aliphatic heterocycles. The minimum absolute atomic E-state index is 0.0147. The van der Waals surface area contributed by atoms with E-state index in [1.807, 2.05) is 24.4 Å². The third kappa shape index (κ3) is 3.64. The minimum atomic E-state index is -0.0147. The molecule has 1 N–H and O–H groups in total. The highest BCUT2D eigenvalue weighted by molar-refractivity contribution is 5.96. The van der Waals surface area contributed by atoms with Crippen molar-refractivity contribution in [3.63, 3.8) is 0 Å². The lowest BCUT2D eigenvalue weighted by Crippen LogP contribution is -2.39. The van der Waals surface area contributed by atoms with Crippen molar-refractivity contribution in [1.82, 2.24) is 9.88 Å². The molecule has 2 aliphatic carbocycles. The molecular weight excluding hydrogens is 334 g/mol. The first-order valence-electron chi connectivity index (χ1n) is 10.1. The van der Waals surface area contributed by atoms with Crippen LogP contribution in [0.5, 0.6) is 0 Å². The number of aryl methyl sites for hydroxylation is 1. The molecule has 2 fully saturated rings. The number of para-hydroxylation sites is 1. The van der Waals surface area contributed by atoms with E-state index < -0.39 is 0 Å². The lowest BCUT2D eigenvalue weighted by molar-refractivity contribution is -0.117. The van der Waals surface area contributed by atoms with Gasteiger partial charge in [0, 0.05) is 41.3 Å². The molecule has 1 aromatic carbocycles. The first kappa shape index (κ1) is 17.9. The number of carbonyl (C=O) groups excluding carboxylic acids is 1. The van der Waals surface area contributed by atoms with Crippen LogP contribution in [0, 0.1) is 29.1 Å². The number of nitrogens with zero attached hydrogens (tertiary/aromatic N) is 2. The van der Waals surface area contributed by atoms with Crippen molar-refractivity contribution in [2.45, 2.75) is 51.6 Å². The van der Waals surface area contributed by atoms with E-state index in [-0.39, 0.29) is 11.9 Å². The van der Waals surface area contributed by atoms with Crippen molar-refractivity contribution < 1.29 is 4.79 Å². The zero-order valence-corrected chi connectivity index (χ0v) is 15.9. The number of fused-ring (bicyclic) bond motifs is 3. The highest BCUT2D eigenvalue weighted by Crippen LogP contribution is 2.49. The van der Waals surface area contributed by atoms with Gasteiger partial charge in [0.15, 0.2) is 0 Å². The van der Waals surface area contributed by atoms with Gasteiger partial charge < -0.3 is 9.88 Å². The lowest BCUT2D eigenvalue weighted by Gasteiger charge is -2.28. The van der Waals surface area contributed by atoms with Crippen LogP contribution >= 0.6 is 0 Å². The highest BCUT2D eigenvalue weighted by Gasteiger charge is 2.41. The van der Waals surface area contributed by atoms with Gasteiger partial charge in [-0.3, -0.25) is 4.79 Å².